The van der Waals surface area contributed by atoms with Gasteiger partial charge in [-0.2, -0.15) is 12.7 Å². The molecule has 1 aliphatic heterocycles. The van der Waals surface area contributed by atoms with Gasteiger partial charge in [-0.15, -0.1) is 0 Å². The van der Waals surface area contributed by atoms with E-state index in [2.05, 4.69) is 21.9 Å². The zero-order valence-electron chi connectivity index (χ0n) is 11.5. The quantitative estimate of drug-likeness (QED) is 0.626. The summed E-state index contributed by atoms with van der Waals surface area (Å²) >= 11 is 0. The molecule has 1 heterocycles. The van der Waals surface area contributed by atoms with Gasteiger partial charge >= 0.3 is 0 Å². The van der Waals surface area contributed by atoms with Crippen LogP contribution in [0.5, 0.6) is 0 Å². The van der Waals surface area contributed by atoms with Gasteiger partial charge in [0.2, 0.25) is 0 Å². The van der Waals surface area contributed by atoms with Crippen molar-refractivity contribution in [1.29, 1.82) is 0 Å². The Morgan fingerprint density at radius 1 is 1.33 bits per heavy atom. The van der Waals surface area contributed by atoms with Crippen LogP contribution in [-0.2, 0) is 10.2 Å². The van der Waals surface area contributed by atoms with E-state index in [0.29, 0.717) is 13.1 Å². The Kier molecular flexibility index (Phi) is 7.10. The van der Waals surface area contributed by atoms with Gasteiger partial charge < -0.3 is 5.32 Å². The summed E-state index contributed by atoms with van der Waals surface area (Å²) < 4.78 is 27.8. The fourth-order valence-electron chi connectivity index (χ4n) is 1.88. The van der Waals surface area contributed by atoms with Gasteiger partial charge in [0, 0.05) is 52.9 Å². The molecule has 0 aliphatic carbocycles. The van der Waals surface area contributed by atoms with Crippen LogP contribution in [0.3, 0.4) is 0 Å². The summed E-state index contributed by atoms with van der Waals surface area (Å²) in [6, 6.07) is 0. The lowest BCUT2D eigenvalue weighted by molar-refractivity contribution is 0.244. The molecule has 18 heavy (non-hydrogen) atoms. The summed E-state index contributed by atoms with van der Waals surface area (Å²) in [5, 5.41) is 3.27. The zero-order chi connectivity index (χ0) is 13.4. The third-order valence-electron chi connectivity index (χ3n) is 3.16. The first-order valence-electron chi connectivity index (χ1n) is 6.70. The number of rotatable bonds is 8. The molecule has 1 fully saturated rings. The summed E-state index contributed by atoms with van der Waals surface area (Å²) in [5.74, 6) is 0. The smallest absolute Gasteiger partial charge is 0.279 e. The Morgan fingerprint density at radius 3 is 2.61 bits per heavy atom. The number of piperazine rings is 1. The Bertz CT molecular complexity index is 315. The average Bonchev–Trinajstić information content (AvgIpc) is 2.37. The maximum Gasteiger partial charge on any atom is 0.279 e. The Labute approximate surface area is 111 Å². The van der Waals surface area contributed by atoms with Crippen molar-refractivity contribution in [3.63, 3.8) is 0 Å². The van der Waals surface area contributed by atoms with E-state index in [1.807, 2.05) is 0 Å². The molecule has 0 spiro atoms. The minimum Gasteiger partial charge on any atom is -0.314 e. The predicted octanol–water partition coefficient (Wildman–Crippen LogP) is -0.542. The van der Waals surface area contributed by atoms with Crippen molar-refractivity contribution >= 4 is 10.2 Å². The van der Waals surface area contributed by atoms with Crippen LogP contribution in [0.2, 0.25) is 0 Å². The molecule has 108 valence electrons. The summed E-state index contributed by atoms with van der Waals surface area (Å²) in [7, 11) is -1.66. The highest BCUT2D eigenvalue weighted by atomic mass is 32.2. The second-order valence-corrected chi connectivity index (χ2v) is 6.53. The van der Waals surface area contributed by atoms with Crippen molar-refractivity contribution in [1.82, 2.24) is 19.2 Å². The van der Waals surface area contributed by atoms with Crippen LogP contribution in [0, 0.1) is 0 Å². The highest BCUT2D eigenvalue weighted by Crippen LogP contribution is 1.98. The molecule has 1 rings (SSSR count). The molecule has 0 aromatic heterocycles. The van der Waals surface area contributed by atoms with Gasteiger partial charge in [0.25, 0.3) is 10.2 Å². The fourth-order valence-corrected chi connectivity index (χ4v) is 2.82. The molecule has 7 heteroatoms. The van der Waals surface area contributed by atoms with Gasteiger partial charge in [0.15, 0.2) is 0 Å². The number of hydrogen-bond donors (Lipinski definition) is 2. The maximum absolute atomic E-state index is 11.9. The third-order valence-corrected chi connectivity index (χ3v) is 4.73. The van der Waals surface area contributed by atoms with Crippen molar-refractivity contribution in [2.45, 2.75) is 19.8 Å². The van der Waals surface area contributed by atoms with Crippen LogP contribution in [0.4, 0.5) is 0 Å². The third kappa shape index (κ3) is 5.62. The maximum atomic E-state index is 11.9. The van der Waals surface area contributed by atoms with Crippen molar-refractivity contribution in [2.75, 3.05) is 52.9 Å². The van der Waals surface area contributed by atoms with Crippen LogP contribution in [-0.4, -0.2) is 70.5 Å². The monoisotopic (exact) mass is 278 g/mol. The molecule has 1 saturated heterocycles. The normalized spacial score (nSPS) is 18.4. The van der Waals surface area contributed by atoms with Crippen LogP contribution in [0.25, 0.3) is 0 Å². The van der Waals surface area contributed by atoms with Crippen molar-refractivity contribution in [2.24, 2.45) is 0 Å². The van der Waals surface area contributed by atoms with Crippen LogP contribution in [0.1, 0.15) is 19.8 Å². The topological polar surface area (TPSA) is 64.7 Å². The average molecular weight is 278 g/mol. The van der Waals surface area contributed by atoms with E-state index in [-0.39, 0.29) is 0 Å². The summed E-state index contributed by atoms with van der Waals surface area (Å²) in [6.07, 6.45) is 1.90. The molecule has 0 unspecified atom stereocenters. The van der Waals surface area contributed by atoms with Gasteiger partial charge in [-0.05, 0) is 6.42 Å². The minimum absolute atomic E-state index is 0.485. The van der Waals surface area contributed by atoms with Gasteiger partial charge in [0.1, 0.15) is 0 Å². The lowest BCUT2D eigenvalue weighted by Gasteiger charge is -2.27. The molecule has 2 N–H and O–H groups in total. The first kappa shape index (κ1) is 15.8. The van der Waals surface area contributed by atoms with Crippen LogP contribution in [0.15, 0.2) is 0 Å². The number of nitrogens with zero attached hydrogens (tertiary/aromatic N) is 2. The van der Waals surface area contributed by atoms with E-state index in [0.717, 1.165) is 45.6 Å². The first-order chi connectivity index (χ1) is 8.56. The molecule has 0 aromatic rings. The minimum atomic E-state index is -3.29. The van der Waals surface area contributed by atoms with Gasteiger partial charge in [-0.3, -0.25) is 4.90 Å². The molecule has 0 amide bonds. The molecule has 0 aromatic carbocycles. The van der Waals surface area contributed by atoms with Crippen molar-refractivity contribution in [3.8, 4) is 0 Å². The van der Waals surface area contributed by atoms with Gasteiger partial charge in [-0.25, -0.2) is 4.72 Å². The molecular formula is C11H26N4O2S. The Balaban J connectivity index is 2.23. The summed E-state index contributed by atoms with van der Waals surface area (Å²) in [5.41, 5.74) is 0. The van der Waals surface area contributed by atoms with Crippen LogP contribution < -0.4 is 10.0 Å². The molecular weight excluding hydrogens is 252 g/mol. The highest BCUT2D eigenvalue weighted by Gasteiger charge is 2.17. The van der Waals surface area contributed by atoms with Crippen LogP contribution >= 0.6 is 0 Å². The molecule has 0 atom stereocenters. The lowest BCUT2D eigenvalue weighted by atomic mass is 10.3. The Hall–Kier alpha value is -0.210. The van der Waals surface area contributed by atoms with E-state index < -0.39 is 10.2 Å². The highest BCUT2D eigenvalue weighted by molar-refractivity contribution is 7.87. The number of unbranched alkanes of at least 4 members (excludes halogenated alkanes) is 1. The van der Waals surface area contributed by atoms with E-state index in [1.54, 1.807) is 7.05 Å². The predicted molar refractivity (Wildman–Crippen MR) is 73.8 cm³/mol. The summed E-state index contributed by atoms with van der Waals surface area (Å²) in [4.78, 5) is 2.27. The SMILES string of the molecule is CCCCN(C)S(=O)(=O)NCCN1CCNCC1. The fraction of sp³-hybridized carbons (Fsp3) is 1.00. The molecule has 0 radical (unpaired) electrons. The largest absolute Gasteiger partial charge is 0.314 e. The zero-order valence-corrected chi connectivity index (χ0v) is 12.3. The van der Waals surface area contributed by atoms with E-state index >= 15 is 0 Å². The lowest BCUT2D eigenvalue weighted by Crippen LogP contribution is -2.47. The second-order valence-electron chi connectivity index (χ2n) is 4.67. The van der Waals surface area contributed by atoms with Crippen molar-refractivity contribution in [3.05, 3.63) is 0 Å². The molecule has 0 saturated carbocycles. The second kappa shape index (κ2) is 8.06. The van der Waals surface area contributed by atoms with Gasteiger partial charge in [-0.1, -0.05) is 13.3 Å². The van der Waals surface area contributed by atoms with E-state index in [4.69, 9.17) is 0 Å². The number of nitrogens with one attached hydrogen (secondary N) is 2. The van der Waals surface area contributed by atoms with E-state index in [9.17, 15) is 8.42 Å². The molecule has 1 aliphatic rings. The van der Waals surface area contributed by atoms with E-state index in [1.165, 1.54) is 4.31 Å². The number of hydrogen-bond acceptors (Lipinski definition) is 4. The van der Waals surface area contributed by atoms with Gasteiger partial charge in [0.05, 0.1) is 0 Å². The molecule has 0 bridgehead atoms. The van der Waals surface area contributed by atoms with Crippen molar-refractivity contribution < 1.29 is 8.42 Å². The molecule has 6 nitrogen and oxygen atoms in total. The summed E-state index contributed by atoms with van der Waals surface area (Å²) in [6.45, 7) is 7.87. The Morgan fingerprint density at radius 2 is 2.00 bits per heavy atom. The standard InChI is InChI=1S/C11H26N4O2S/c1-3-4-8-14(2)18(16,17)13-7-11-15-9-5-12-6-10-15/h12-13H,3-11H2,1-2H3. The first-order valence-corrected chi connectivity index (χ1v) is 8.14.